The summed E-state index contributed by atoms with van der Waals surface area (Å²) >= 11 is 0. The molecule has 2 N–H and O–H groups in total. The molecule has 4 heteroatoms. The highest BCUT2D eigenvalue weighted by molar-refractivity contribution is 5.69. The Bertz CT molecular complexity index is 276. The average Bonchev–Trinajstić information content (AvgIpc) is 2.82. The number of aliphatic hydroxyl groups excluding tert-OH is 1. The fraction of sp³-hybridized carbons (Fsp3) is 0.750. The van der Waals surface area contributed by atoms with E-state index in [2.05, 4.69) is 11.9 Å². The van der Waals surface area contributed by atoms with Crippen molar-refractivity contribution >= 4 is 6.09 Å². The molecule has 0 heterocycles. The molecule has 1 rings (SSSR count). The second kappa shape index (κ2) is 4.45. The smallest absolute Gasteiger partial charge is 0.408 e. The van der Waals surface area contributed by atoms with Crippen LogP contribution < -0.4 is 5.32 Å². The van der Waals surface area contributed by atoms with E-state index in [-0.39, 0.29) is 0 Å². The Hall–Kier alpha value is -1.03. The molecule has 1 aliphatic carbocycles. The van der Waals surface area contributed by atoms with Crippen molar-refractivity contribution in [1.82, 2.24) is 5.32 Å². The Labute approximate surface area is 96.7 Å². The van der Waals surface area contributed by atoms with Gasteiger partial charge in [-0.15, -0.1) is 6.58 Å². The molecule has 0 aromatic carbocycles. The highest BCUT2D eigenvalue weighted by Gasteiger charge is 2.50. The summed E-state index contributed by atoms with van der Waals surface area (Å²) in [5.41, 5.74) is -1.000. The third kappa shape index (κ3) is 3.52. The van der Waals surface area contributed by atoms with E-state index in [9.17, 15) is 9.90 Å². The minimum Gasteiger partial charge on any atom is -0.444 e. The number of aliphatic hydroxyl groups is 1. The number of hydrogen-bond donors (Lipinski definition) is 2. The van der Waals surface area contributed by atoms with Crippen LogP contribution in [-0.2, 0) is 4.74 Å². The van der Waals surface area contributed by atoms with E-state index in [1.54, 1.807) is 6.08 Å². The fourth-order valence-electron chi connectivity index (χ4n) is 1.57. The van der Waals surface area contributed by atoms with Gasteiger partial charge in [-0.2, -0.15) is 0 Å². The molecule has 0 aromatic rings. The van der Waals surface area contributed by atoms with Crippen LogP contribution in [0.5, 0.6) is 0 Å². The van der Waals surface area contributed by atoms with Crippen LogP contribution in [-0.4, -0.2) is 28.4 Å². The van der Waals surface area contributed by atoms with E-state index in [1.807, 2.05) is 20.8 Å². The second-order valence-electron chi connectivity index (χ2n) is 5.32. The number of ether oxygens (including phenoxy) is 1. The van der Waals surface area contributed by atoms with Crippen molar-refractivity contribution < 1.29 is 14.6 Å². The van der Waals surface area contributed by atoms with Crippen molar-refractivity contribution in [2.45, 2.75) is 57.3 Å². The first-order valence-corrected chi connectivity index (χ1v) is 5.59. The van der Waals surface area contributed by atoms with Crippen LogP contribution in [0.25, 0.3) is 0 Å². The number of nitrogens with one attached hydrogen (secondary N) is 1. The SMILES string of the molecule is C=CCC(O)C1(NC(=O)OC(C)(C)C)CC1. The largest absolute Gasteiger partial charge is 0.444 e. The lowest BCUT2D eigenvalue weighted by Crippen LogP contribution is -2.47. The van der Waals surface area contributed by atoms with Crippen LogP contribution in [0.4, 0.5) is 4.79 Å². The van der Waals surface area contributed by atoms with Crippen molar-refractivity contribution in [2.75, 3.05) is 0 Å². The summed E-state index contributed by atoms with van der Waals surface area (Å²) < 4.78 is 5.15. The van der Waals surface area contributed by atoms with Crippen LogP contribution >= 0.6 is 0 Å². The highest BCUT2D eigenvalue weighted by atomic mass is 16.6. The van der Waals surface area contributed by atoms with Gasteiger partial charge in [0.15, 0.2) is 0 Å². The summed E-state index contributed by atoms with van der Waals surface area (Å²) in [6.45, 7) is 9.01. The second-order valence-corrected chi connectivity index (χ2v) is 5.32. The number of carbonyl (C=O) groups excluding carboxylic acids is 1. The molecule has 1 aliphatic rings. The molecule has 0 bridgehead atoms. The van der Waals surface area contributed by atoms with Crippen LogP contribution in [0.3, 0.4) is 0 Å². The predicted octanol–water partition coefficient (Wildman–Crippen LogP) is 1.98. The minimum atomic E-state index is -0.572. The van der Waals surface area contributed by atoms with Gasteiger partial charge in [-0.3, -0.25) is 0 Å². The summed E-state index contributed by atoms with van der Waals surface area (Å²) in [5.74, 6) is 0. The van der Waals surface area contributed by atoms with Gasteiger partial charge in [0.05, 0.1) is 11.6 Å². The molecular formula is C12H21NO3. The zero-order valence-electron chi connectivity index (χ0n) is 10.2. The maximum atomic E-state index is 11.6. The van der Waals surface area contributed by atoms with E-state index >= 15 is 0 Å². The molecule has 4 nitrogen and oxygen atoms in total. The van der Waals surface area contributed by atoms with Gasteiger partial charge in [-0.25, -0.2) is 4.79 Å². The number of alkyl carbamates (subject to hydrolysis) is 1. The monoisotopic (exact) mass is 227 g/mol. The van der Waals surface area contributed by atoms with Crippen LogP contribution in [0.15, 0.2) is 12.7 Å². The van der Waals surface area contributed by atoms with Crippen LogP contribution in [0.2, 0.25) is 0 Å². The standard InChI is InChI=1S/C12H21NO3/c1-5-6-9(14)12(7-8-12)13-10(15)16-11(2,3)4/h5,9,14H,1,6-8H2,2-4H3,(H,13,15). The lowest BCUT2D eigenvalue weighted by Gasteiger charge is -2.26. The normalized spacial score (nSPS) is 19.8. The molecule has 0 spiro atoms. The van der Waals surface area contributed by atoms with Crippen molar-refractivity contribution in [3.63, 3.8) is 0 Å². The molecule has 1 amide bonds. The minimum absolute atomic E-state index is 0.465. The molecule has 0 aromatic heterocycles. The summed E-state index contributed by atoms with van der Waals surface area (Å²) in [5, 5.41) is 12.6. The van der Waals surface area contributed by atoms with E-state index < -0.39 is 23.3 Å². The highest BCUT2D eigenvalue weighted by Crippen LogP contribution is 2.40. The molecule has 16 heavy (non-hydrogen) atoms. The molecule has 0 saturated heterocycles. The third-order valence-corrected chi connectivity index (χ3v) is 2.57. The van der Waals surface area contributed by atoms with Gasteiger partial charge < -0.3 is 15.2 Å². The van der Waals surface area contributed by atoms with Gasteiger partial charge >= 0.3 is 6.09 Å². The first-order valence-electron chi connectivity index (χ1n) is 5.59. The Morgan fingerprint density at radius 3 is 2.56 bits per heavy atom. The Kier molecular flexibility index (Phi) is 3.63. The lowest BCUT2D eigenvalue weighted by molar-refractivity contribution is 0.0398. The Morgan fingerprint density at radius 1 is 1.62 bits per heavy atom. The molecule has 1 unspecified atom stereocenters. The van der Waals surface area contributed by atoms with Crippen molar-refractivity contribution in [3.8, 4) is 0 Å². The molecule has 1 fully saturated rings. The van der Waals surface area contributed by atoms with Gasteiger partial charge in [0.1, 0.15) is 5.60 Å². The maximum Gasteiger partial charge on any atom is 0.408 e. The molecule has 0 radical (unpaired) electrons. The van der Waals surface area contributed by atoms with Gasteiger partial charge in [-0.05, 0) is 40.0 Å². The maximum absolute atomic E-state index is 11.6. The van der Waals surface area contributed by atoms with Crippen molar-refractivity contribution in [2.24, 2.45) is 0 Å². The van der Waals surface area contributed by atoms with E-state index in [0.717, 1.165) is 12.8 Å². The molecule has 1 atom stereocenters. The van der Waals surface area contributed by atoms with Gasteiger partial charge in [-0.1, -0.05) is 6.08 Å². The van der Waals surface area contributed by atoms with Gasteiger partial charge in [0.2, 0.25) is 0 Å². The number of hydrogen-bond acceptors (Lipinski definition) is 3. The van der Waals surface area contributed by atoms with E-state index in [0.29, 0.717) is 6.42 Å². The fourth-order valence-corrected chi connectivity index (χ4v) is 1.57. The summed E-state index contributed by atoms with van der Waals surface area (Å²) in [7, 11) is 0. The first kappa shape index (κ1) is 13.0. The number of rotatable bonds is 4. The summed E-state index contributed by atoms with van der Waals surface area (Å²) in [6, 6.07) is 0. The Morgan fingerprint density at radius 2 is 2.19 bits per heavy atom. The van der Waals surface area contributed by atoms with Gasteiger partial charge in [0.25, 0.3) is 0 Å². The van der Waals surface area contributed by atoms with Crippen molar-refractivity contribution in [3.05, 3.63) is 12.7 Å². The molecule has 92 valence electrons. The van der Waals surface area contributed by atoms with Crippen molar-refractivity contribution in [1.29, 1.82) is 0 Å². The van der Waals surface area contributed by atoms with E-state index in [1.165, 1.54) is 0 Å². The quantitative estimate of drug-likeness (QED) is 0.722. The lowest BCUT2D eigenvalue weighted by atomic mass is 10.1. The number of carbonyl (C=O) groups is 1. The number of amides is 1. The first-order chi connectivity index (χ1) is 7.29. The van der Waals surface area contributed by atoms with Crippen LogP contribution in [0.1, 0.15) is 40.0 Å². The van der Waals surface area contributed by atoms with Crippen LogP contribution in [0, 0.1) is 0 Å². The topological polar surface area (TPSA) is 58.6 Å². The zero-order chi connectivity index (χ0) is 12.4. The molecule has 1 saturated carbocycles. The average molecular weight is 227 g/mol. The molecular weight excluding hydrogens is 206 g/mol. The predicted molar refractivity (Wildman–Crippen MR) is 62.2 cm³/mol. The summed E-state index contributed by atoms with van der Waals surface area (Å²) in [4.78, 5) is 11.6. The van der Waals surface area contributed by atoms with E-state index in [4.69, 9.17) is 4.74 Å². The third-order valence-electron chi connectivity index (χ3n) is 2.57. The molecule has 0 aliphatic heterocycles. The summed E-state index contributed by atoms with van der Waals surface area (Å²) in [6.07, 6.45) is 2.69. The Balaban J connectivity index is 2.47. The van der Waals surface area contributed by atoms with Gasteiger partial charge in [0, 0.05) is 0 Å². The zero-order valence-corrected chi connectivity index (χ0v) is 10.2.